The minimum Gasteiger partial charge on any atom is -0.326 e. The SMILES string of the molecule is CC(C)(C#N)CCCCNn1cccc1. The number of hydrogen-bond acceptors (Lipinski definition) is 2. The van der Waals surface area contributed by atoms with E-state index in [4.69, 9.17) is 5.26 Å². The van der Waals surface area contributed by atoms with Gasteiger partial charge in [-0.25, -0.2) is 0 Å². The largest absolute Gasteiger partial charge is 0.326 e. The molecule has 0 radical (unpaired) electrons. The van der Waals surface area contributed by atoms with Crippen LogP contribution in [0.15, 0.2) is 24.5 Å². The molecule has 1 aromatic heterocycles. The summed E-state index contributed by atoms with van der Waals surface area (Å²) in [6.07, 6.45) is 7.13. The van der Waals surface area contributed by atoms with Crippen molar-refractivity contribution in [1.29, 1.82) is 5.26 Å². The fourth-order valence-corrected chi connectivity index (χ4v) is 1.40. The van der Waals surface area contributed by atoms with Crippen LogP contribution in [0.25, 0.3) is 0 Å². The lowest BCUT2D eigenvalue weighted by Gasteiger charge is -2.14. The van der Waals surface area contributed by atoms with Crippen LogP contribution < -0.4 is 5.43 Å². The van der Waals surface area contributed by atoms with E-state index < -0.39 is 0 Å². The van der Waals surface area contributed by atoms with Gasteiger partial charge in [0.2, 0.25) is 0 Å². The van der Waals surface area contributed by atoms with Crippen molar-refractivity contribution >= 4 is 0 Å². The van der Waals surface area contributed by atoms with E-state index in [-0.39, 0.29) is 5.41 Å². The number of rotatable bonds is 6. The molecule has 0 fully saturated rings. The third-order valence-electron chi connectivity index (χ3n) is 2.43. The Balaban J connectivity index is 2.06. The van der Waals surface area contributed by atoms with E-state index in [0.29, 0.717) is 0 Å². The molecule has 3 heteroatoms. The molecule has 0 saturated carbocycles. The third-order valence-corrected chi connectivity index (χ3v) is 2.43. The van der Waals surface area contributed by atoms with E-state index in [1.165, 1.54) is 0 Å². The van der Waals surface area contributed by atoms with Gasteiger partial charge < -0.3 is 5.43 Å². The summed E-state index contributed by atoms with van der Waals surface area (Å²) in [5.41, 5.74) is 3.09. The van der Waals surface area contributed by atoms with Gasteiger partial charge in [0.1, 0.15) is 0 Å². The highest BCUT2D eigenvalue weighted by molar-refractivity contribution is 4.93. The number of hydrogen-bond donors (Lipinski definition) is 1. The molecule has 0 amide bonds. The average Bonchev–Trinajstić information content (AvgIpc) is 2.70. The van der Waals surface area contributed by atoms with Crippen molar-refractivity contribution in [1.82, 2.24) is 4.68 Å². The lowest BCUT2D eigenvalue weighted by Crippen LogP contribution is -2.14. The van der Waals surface area contributed by atoms with Crippen molar-refractivity contribution in [3.05, 3.63) is 24.5 Å². The Bertz CT molecular complexity index is 306. The first kappa shape index (κ1) is 11.6. The zero-order valence-electron chi connectivity index (χ0n) is 9.53. The summed E-state index contributed by atoms with van der Waals surface area (Å²) in [7, 11) is 0. The molecule has 82 valence electrons. The number of nitrogens with zero attached hydrogens (tertiary/aromatic N) is 2. The zero-order chi connectivity index (χ0) is 11.1. The van der Waals surface area contributed by atoms with Gasteiger partial charge in [0.05, 0.1) is 11.5 Å². The van der Waals surface area contributed by atoms with Gasteiger partial charge in [-0.15, -0.1) is 0 Å². The lowest BCUT2D eigenvalue weighted by atomic mass is 9.89. The highest BCUT2D eigenvalue weighted by Gasteiger charge is 2.14. The Kier molecular flexibility index (Phi) is 4.23. The van der Waals surface area contributed by atoms with Crippen LogP contribution in [0.3, 0.4) is 0 Å². The van der Waals surface area contributed by atoms with Gasteiger partial charge in [-0.1, -0.05) is 6.42 Å². The van der Waals surface area contributed by atoms with Crippen molar-refractivity contribution in [3.8, 4) is 6.07 Å². The first-order valence-electron chi connectivity index (χ1n) is 5.42. The molecule has 0 unspecified atom stereocenters. The quantitative estimate of drug-likeness (QED) is 0.725. The van der Waals surface area contributed by atoms with Gasteiger partial charge in [0.25, 0.3) is 0 Å². The molecule has 0 spiro atoms. The van der Waals surface area contributed by atoms with E-state index in [0.717, 1.165) is 25.8 Å². The molecule has 15 heavy (non-hydrogen) atoms. The summed E-state index contributed by atoms with van der Waals surface area (Å²) < 4.78 is 1.95. The summed E-state index contributed by atoms with van der Waals surface area (Å²) in [6.45, 7) is 4.94. The number of aromatic nitrogens is 1. The minimum absolute atomic E-state index is 0.173. The van der Waals surface area contributed by atoms with Gasteiger partial charge in [-0.2, -0.15) is 5.26 Å². The molecule has 0 aliphatic rings. The predicted octanol–water partition coefficient (Wildman–Crippen LogP) is 2.75. The second-order valence-electron chi connectivity index (χ2n) is 4.45. The zero-order valence-corrected chi connectivity index (χ0v) is 9.53. The Morgan fingerprint density at radius 3 is 2.53 bits per heavy atom. The molecule has 0 aliphatic heterocycles. The van der Waals surface area contributed by atoms with Crippen LogP contribution in [0, 0.1) is 16.7 Å². The number of unbranched alkanes of at least 4 members (excludes halogenated alkanes) is 1. The maximum atomic E-state index is 8.83. The van der Waals surface area contributed by atoms with Crippen LogP contribution in [0.2, 0.25) is 0 Å². The van der Waals surface area contributed by atoms with E-state index in [1.54, 1.807) is 0 Å². The molecule has 0 aromatic carbocycles. The number of nitriles is 1. The lowest BCUT2D eigenvalue weighted by molar-refractivity contribution is 0.428. The van der Waals surface area contributed by atoms with Gasteiger partial charge >= 0.3 is 0 Å². The minimum atomic E-state index is -0.173. The molecule has 0 aliphatic carbocycles. The summed E-state index contributed by atoms with van der Waals surface area (Å²) in [4.78, 5) is 0. The van der Waals surface area contributed by atoms with Crippen molar-refractivity contribution < 1.29 is 0 Å². The van der Waals surface area contributed by atoms with Crippen LogP contribution in [-0.4, -0.2) is 11.2 Å². The third kappa shape index (κ3) is 4.55. The molecule has 0 bridgehead atoms. The standard InChI is InChI=1S/C12H19N3/c1-12(2,11-13)7-3-4-8-14-15-9-5-6-10-15/h5-6,9-10,14H,3-4,7-8H2,1-2H3. The molecule has 0 atom stereocenters. The smallest absolute Gasteiger partial charge is 0.0683 e. The van der Waals surface area contributed by atoms with Crippen molar-refractivity contribution in [2.75, 3.05) is 12.0 Å². The monoisotopic (exact) mass is 205 g/mol. The fourth-order valence-electron chi connectivity index (χ4n) is 1.40. The predicted molar refractivity (Wildman–Crippen MR) is 61.9 cm³/mol. The summed E-state index contributed by atoms with van der Waals surface area (Å²) in [5.74, 6) is 0. The topological polar surface area (TPSA) is 40.8 Å². The van der Waals surface area contributed by atoms with Gasteiger partial charge in [0.15, 0.2) is 0 Å². The molecule has 1 aromatic rings. The molecular weight excluding hydrogens is 186 g/mol. The van der Waals surface area contributed by atoms with Crippen LogP contribution in [0.1, 0.15) is 33.1 Å². The first-order chi connectivity index (χ1) is 7.14. The fraction of sp³-hybridized carbons (Fsp3) is 0.583. The van der Waals surface area contributed by atoms with Gasteiger partial charge in [-0.05, 0) is 38.8 Å². The second-order valence-corrected chi connectivity index (χ2v) is 4.45. The maximum Gasteiger partial charge on any atom is 0.0683 e. The van der Waals surface area contributed by atoms with Gasteiger partial charge in [-0.3, -0.25) is 4.68 Å². The summed E-state index contributed by atoms with van der Waals surface area (Å²) >= 11 is 0. The van der Waals surface area contributed by atoms with Crippen LogP contribution in [-0.2, 0) is 0 Å². The van der Waals surface area contributed by atoms with E-state index in [9.17, 15) is 0 Å². The van der Waals surface area contributed by atoms with Crippen LogP contribution in [0.4, 0.5) is 0 Å². The maximum absolute atomic E-state index is 8.83. The van der Waals surface area contributed by atoms with Crippen LogP contribution in [0.5, 0.6) is 0 Å². The highest BCUT2D eigenvalue weighted by atomic mass is 15.4. The number of nitrogens with one attached hydrogen (secondary N) is 1. The molecule has 3 nitrogen and oxygen atoms in total. The van der Waals surface area contributed by atoms with Crippen molar-refractivity contribution in [2.45, 2.75) is 33.1 Å². The van der Waals surface area contributed by atoms with Crippen molar-refractivity contribution in [2.24, 2.45) is 5.41 Å². The van der Waals surface area contributed by atoms with Crippen LogP contribution >= 0.6 is 0 Å². The molecular formula is C12H19N3. The Labute approximate surface area is 91.7 Å². The second kappa shape index (κ2) is 5.45. The summed E-state index contributed by atoms with van der Waals surface area (Å²) in [6, 6.07) is 6.30. The molecule has 1 N–H and O–H groups in total. The Hall–Kier alpha value is -1.43. The van der Waals surface area contributed by atoms with Gasteiger partial charge in [0, 0.05) is 18.9 Å². The van der Waals surface area contributed by atoms with E-state index >= 15 is 0 Å². The summed E-state index contributed by atoms with van der Waals surface area (Å²) in [5, 5.41) is 8.83. The Morgan fingerprint density at radius 2 is 1.93 bits per heavy atom. The van der Waals surface area contributed by atoms with E-state index in [2.05, 4.69) is 11.5 Å². The molecule has 1 rings (SSSR count). The Morgan fingerprint density at radius 1 is 1.27 bits per heavy atom. The normalized spacial score (nSPS) is 11.0. The van der Waals surface area contributed by atoms with Crippen molar-refractivity contribution in [3.63, 3.8) is 0 Å². The average molecular weight is 205 g/mol. The molecule has 0 saturated heterocycles. The molecule has 1 heterocycles. The highest BCUT2D eigenvalue weighted by Crippen LogP contribution is 2.21. The first-order valence-corrected chi connectivity index (χ1v) is 5.42. The van der Waals surface area contributed by atoms with E-state index in [1.807, 2.05) is 43.0 Å².